The van der Waals surface area contributed by atoms with Crippen LogP contribution in [0.5, 0.6) is 5.75 Å². The number of ether oxygens (including phenoxy) is 1. The first-order valence-electron chi connectivity index (χ1n) is 6.68. The van der Waals surface area contributed by atoms with Crippen molar-refractivity contribution in [1.82, 2.24) is 9.55 Å². The fraction of sp³-hybridized carbons (Fsp3) is 0.333. The Bertz CT molecular complexity index is 613. The van der Waals surface area contributed by atoms with Gasteiger partial charge < -0.3 is 14.4 Å². The van der Waals surface area contributed by atoms with E-state index < -0.39 is 5.97 Å². The van der Waals surface area contributed by atoms with Crippen LogP contribution < -0.4 is 4.74 Å². The first-order valence-corrected chi connectivity index (χ1v) is 6.68. The molecule has 0 amide bonds. The van der Waals surface area contributed by atoms with Crippen molar-refractivity contribution in [3.8, 4) is 5.75 Å². The van der Waals surface area contributed by atoms with Crippen molar-refractivity contribution in [3.05, 3.63) is 48.0 Å². The summed E-state index contributed by atoms with van der Waals surface area (Å²) in [4.78, 5) is 15.2. The molecular formula is C15H17ClN2O3. The van der Waals surface area contributed by atoms with Gasteiger partial charge in [-0.1, -0.05) is 6.07 Å². The summed E-state index contributed by atoms with van der Waals surface area (Å²) in [5, 5.41) is 9.20. The van der Waals surface area contributed by atoms with E-state index in [0.29, 0.717) is 13.0 Å². The van der Waals surface area contributed by atoms with Gasteiger partial charge in [0.25, 0.3) is 0 Å². The lowest BCUT2D eigenvalue weighted by molar-refractivity contribution is -0.138. The van der Waals surface area contributed by atoms with Crippen molar-refractivity contribution in [3.63, 3.8) is 0 Å². The van der Waals surface area contributed by atoms with Crippen LogP contribution in [-0.4, -0.2) is 27.2 Å². The van der Waals surface area contributed by atoms with Gasteiger partial charge in [-0.3, -0.25) is 4.79 Å². The number of aryl methyl sites for hydroxylation is 1. The molecule has 1 aliphatic rings. The molecule has 1 atom stereocenters. The number of benzene rings is 1. The minimum Gasteiger partial charge on any atom is -0.492 e. The molecular weight excluding hydrogens is 292 g/mol. The summed E-state index contributed by atoms with van der Waals surface area (Å²) >= 11 is 0. The maximum Gasteiger partial charge on any atom is 0.310 e. The Kier molecular flexibility index (Phi) is 4.85. The van der Waals surface area contributed by atoms with Gasteiger partial charge in [0, 0.05) is 12.4 Å². The van der Waals surface area contributed by atoms with Crippen molar-refractivity contribution in [2.45, 2.75) is 25.3 Å². The van der Waals surface area contributed by atoms with Crippen LogP contribution in [-0.2, 0) is 17.8 Å². The quantitative estimate of drug-likeness (QED) is 0.921. The number of rotatable bonds is 5. The molecule has 112 valence electrons. The second-order valence-electron chi connectivity index (χ2n) is 4.94. The molecule has 2 aromatic rings. The third-order valence-corrected chi connectivity index (χ3v) is 3.67. The lowest BCUT2D eigenvalue weighted by atomic mass is 10.0. The van der Waals surface area contributed by atoms with Crippen LogP contribution in [0.25, 0.3) is 0 Å². The van der Waals surface area contributed by atoms with Crippen molar-refractivity contribution in [2.75, 3.05) is 6.61 Å². The predicted octanol–water partition coefficient (Wildman–Crippen LogP) is 2.50. The van der Waals surface area contributed by atoms with E-state index in [0.717, 1.165) is 29.8 Å². The number of hydrogen-bond donors (Lipinski definition) is 1. The lowest BCUT2D eigenvalue weighted by Gasteiger charge is -2.10. The Morgan fingerprint density at radius 3 is 3.05 bits per heavy atom. The molecule has 0 bridgehead atoms. The molecule has 0 radical (unpaired) electrons. The molecule has 0 fully saturated rings. The van der Waals surface area contributed by atoms with Gasteiger partial charge in [-0.05, 0) is 36.1 Å². The summed E-state index contributed by atoms with van der Waals surface area (Å²) in [5.41, 5.74) is 2.02. The number of carboxylic acids is 1. The zero-order valence-electron chi connectivity index (χ0n) is 11.4. The third kappa shape index (κ3) is 3.36. The van der Waals surface area contributed by atoms with Crippen molar-refractivity contribution >= 4 is 18.4 Å². The zero-order valence-corrected chi connectivity index (χ0v) is 12.3. The standard InChI is InChI=1S/C15H16N2O3.ClH/c18-15(19)13-4-2-11-1-3-12(9-14(11)13)20-8-7-17-6-5-16-10-17;/h1,3,5-6,9-10,13H,2,4,7-8H2,(H,18,19);1H. The summed E-state index contributed by atoms with van der Waals surface area (Å²) in [5.74, 6) is -0.404. The van der Waals surface area contributed by atoms with Crippen LogP contribution in [0, 0.1) is 0 Å². The molecule has 1 aromatic heterocycles. The number of fused-ring (bicyclic) bond motifs is 1. The van der Waals surface area contributed by atoms with Crippen molar-refractivity contribution < 1.29 is 14.6 Å². The molecule has 0 aliphatic heterocycles. The average molecular weight is 309 g/mol. The van der Waals surface area contributed by atoms with Crippen LogP contribution in [0.3, 0.4) is 0 Å². The Labute approximate surface area is 129 Å². The molecule has 1 N–H and O–H groups in total. The number of halogens is 1. The number of carbonyl (C=O) groups is 1. The number of aliphatic carboxylic acids is 1. The first kappa shape index (κ1) is 15.4. The Morgan fingerprint density at radius 1 is 1.48 bits per heavy atom. The summed E-state index contributed by atoms with van der Waals surface area (Å²) in [7, 11) is 0. The highest BCUT2D eigenvalue weighted by Crippen LogP contribution is 2.35. The molecule has 1 aliphatic carbocycles. The van der Waals surface area contributed by atoms with Crippen LogP contribution in [0.15, 0.2) is 36.9 Å². The van der Waals surface area contributed by atoms with E-state index in [1.165, 1.54) is 0 Å². The highest BCUT2D eigenvalue weighted by atomic mass is 35.5. The van der Waals surface area contributed by atoms with Crippen LogP contribution >= 0.6 is 12.4 Å². The van der Waals surface area contributed by atoms with Crippen molar-refractivity contribution in [2.24, 2.45) is 0 Å². The highest BCUT2D eigenvalue weighted by Gasteiger charge is 2.28. The van der Waals surface area contributed by atoms with Gasteiger partial charge >= 0.3 is 5.97 Å². The van der Waals surface area contributed by atoms with Gasteiger partial charge in [0.15, 0.2) is 0 Å². The van der Waals surface area contributed by atoms with Gasteiger partial charge in [-0.2, -0.15) is 0 Å². The van der Waals surface area contributed by atoms with E-state index in [1.807, 2.05) is 29.0 Å². The molecule has 1 unspecified atom stereocenters. The number of carboxylic acid groups (broad SMARTS) is 1. The highest BCUT2D eigenvalue weighted by molar-refractivity contribution is 5.85. The minimum atomic E-state index is -0.751. The molecule has 6 heteroatoms. The Hall–Kier alpha value is -2.01. The van der Waals surface area contributed by atoms with E-state index in [9.17, 15) is 9.90 Å². The SMILES string of the molecule is Cl.O=C(O)C1CCc2ccc(OCCn3ccnc3)cc21. The molecule has 0 saturated carbocycles. The third-order valence-electron chi connectivity index (χ3n) is 3.67. The lowest BCUT2D eigenvalue weighted by Crippen LogP contribution is -2.09. The maximum atomic E-state index is 11.2. The molecule has 1 heterocycles. The second-order valence-corrected chi connectivity index (χ2v) is 4.94. The zero-order chi connectivity index (χ0) is 13.9. The van der Waals surface area contributed by atoms with Gasteiger partial charge in [0.2, 0.25) is 0 Å². The average Bonchev–Trinajstić information content (AvgIpc) is 3.06. The van der Waals surface area contributed by atoms with E-state index in [-0.39, 0.29) is 18.3 Å². The molecule has 0 spiro atoms. The van der Waals surface area contributed by atoms with E-state index in [1.54, 1.807) is 12.5 Å². The van der Waals surface area contributed by atoms with E-state index in [2.05, 4.69) is 4.98 Å². The van der Waals surface area contributed by atoms with Gasteiger partial charge in [0.1, 0.15) is 12.4 Å². The monoisotopic (exact) mass is 308 g/mol. The fourth-order valence-corrected chi connectivity index (χ4v) is 2.61. The predicted molar refractivity (Wildman–Crippen MR) is 80.1 cm³/mol. The number of nitrogens with zero attached hydrogens (tertiary/aromatic N) is 2. The summed E-state index contributed by atoms with van der Waals surface area (Å²) in [6.07, 6.45) is 6.87. The Morgan fingerprint density at radius 2 is 2.33 bits per heavy atom. The molecule has 21 heavy (non-hydrogen) atoms. The van der Waals surface area contributed by atoms with Crippen LogP contribution in [0.4, 0.5) is 0 Å². The van der Waals surface area contributed by atoms with E-state index in [4.69, 9.17) is 4.74 Å². The number of aromatic nitrogens is 2. The number of hydrogen-bond acceptors (Lipinski definition) is 3. The van der Waals surface area contributed by atoms with Gasteiger partial charge in [-0.15, -0.1) is 12.4 Å². The van der Waals surface area contributed by atoms with Gasteiger partial charge in [0.05, 0.1) is 18.8 Å². The molecule has 3 rings (SSSR count). The maximum absolute atomic E-state index is 11.2. The summed E-state index contributed by atoms with van der Waals surface area (Å²) < 4.78 is 7.63. The van der Waals surface area contributed by atoms with Crippen molar-refractivity contribution in [1.29, 1.82) is 0 Å². The normalized spacial score (nSPS) is 16.1. The topological polar surface area (TPSA) is 64.3 Å². The summed E-state index contributed by atoms with van der Waals surface area (Å²) in [6.45, 7) is 1.26. The van der Waals surface area contributed by atoms with E-state index >= 15 is 0 Å². The Balaban J connectivity index is 0.00000161. The van der Waals surface area contributed by atoms with Gasteiger partial charge in [-0.25, -0.2) is 4.98 Å². The largest absolute Gasteiger partial charge is 0.492 e. The van der Waals surface area contributed by atoms with Crippen LogP contribution in [0.2, 0.25) is 0 Å². The fourth-order valence-electron chi connectivity index (χ4n) is 2.61. The smallest absolute Gasteiger partial charge is 0.310 e. The molecule has 5 nitrogen and oxygen atoms in total. The van der Waals surface area contributed by atoms with Crippen LogP contribution in [0.1, 0.15) is 23.5 Å². The summed E-state index contributed by atoms with van der Waals surface area (Å²) in [6, 6.07) is 5.76. The molecule has 0 saturated heterocycles. The first-order chi connectivity index (χ1) is 9.74. The number of imidazole rings is 1. The molecule has 1 aromatic carbocycles. The minimum absolute atomic E-state index is 0. The second kappa shape index (κ2) is 6.63.